The molecule has 0 aromatic heterocycles. The van der Waals surface area contributed by atoms with Crippen molar-refractivity contribution in [3.63, 3.8) is 0 Å². The Hall–Kier alpha value is -5.94. The highest BCUT2D eigenvalue weighted by molar-refractivity contribution is 7.86. The Bertz CT molecular complexity index is 3110. The normalized spacial score (nSPS) is 31.3. The van der Waals surface area contributed by atoms with Gasteiger partial charge in [-0.1, -0.05) is 122 Å². The molecule has 13 atom stereocenters. The third-order valence-electron chi connectivity index (χ3n) is 18.2. The number of phenols is 1. The molecule has 1 saturated heterocycles. The molecule has 0 amide bonds. The van der Waals surface area contributed by atoms with Crippen LogP contribution >= 0.6 is 0 Å². The lowest BCUT2D eigenvalue weighted by Gasteiger charge is -2.42. The van der Waals surface area contributed by atoms with Crippen molar-refractivity contribution in [2.75, 3.05) is 6.61 Å². The maximum absolute atomic E-state index is 14.4. The molecule has 11 nitrogen and oxygen atoms in total. The van der Waals surface area contributed by atoms with Gasteiger partial charge in [0.15, 0.2) is 5.96 Å². The van der Waals surface area contributed by atoms with Gasteiger partial charge in [0, 0.05) is 42.1 Å². The Kier molecular flexibility index (Phi) is 14.3. The molecule has 8 aliphatic rings. The van der Waals surface area contributed by atoms with Crippen molar-refractivity contribution < 1.29 is 37.8 Å². The van der Waals surface area contributed by atoms with E-state index in [2.05, 4.69) is 85.5 Å². The number of allylic oxidation sites excluding steroid dienone is 1. The summed E-state index contributed by atoms with van der Waals surface area (Å²) in [6, 6.07) is 40.1. The lowest BCUT2D eigenvalue weighted by molar-refractivity contribution is -0.0555. The van der Waals surface area contributed by atoms with Gasteiger partial charge in [-0.05, 0) is 170 Å². The van der Waals surface area contributed by atoms with E-state index in [0.29, 0.717) is 61.8 Å². The quantitative estimate of drug-likeness (QED) is 0.0257. The second-order valence-corrected chi connectivity index (χ2v) is 24.7. The molecule has 3 aliphatic carbocycles. The van der Waals surface area contributed by atoms with Gasteiger partial charge in [0.05, 0.1) is 17.0 Å². The van der Waals surface area contributed by atoms with Crippen molar-refractivity contribution in [1.29, 1.82) is 0 Å². The van der Waals surface area contributed by atoms with Crippen LogP contribution in [0.2, 0.25) is 0 Å². The number of hydrogen-bond donors (Lipinski definition) is 6. The molecule has 8 N–H and O–H groups in total. The molecule has 5 heterocycles. The van der Waals surface area contributed by atoms with Crippen LogP contribution in [0.25, 0.3) is 0 Å². The molecule has 1 saturated carbocycles. The van der Waals surface area contributed by atoms with Crippen molar-refractivity contribution in [3.8, 4) is 23.3 Å². The average Bonchev–Trinajstić information content (AvgIpc) is 3.71. The second-order valence-electron chi connectivity index (χ2n) is 23.1. The fourth-order valence-electron chi connectivity index (χ4n) is 14.5. The highest BCUT2D eigenvalue weighted by atomic mass is 32.2. The summed E-state index contributed by atoms with van der Waals surface area (Å²) in [5.41, 5.74) is 18.8. The number of nitrogens with zero attached hydrogens (tertiary/aromatic N) is 1. The third kappa shape index (κ3) is 10.6. The van der Waals surface area contributed by atoms with Crippen molar-refractivity contribution in [3.05, 3.63) is 177 Å². The van der Waals surface area contributed by atoms with E-state index in [4.69, 9.17) is 25.9 Å². The summed E-state index contributed by atoms with van der Waals surface area (Å²) in [5, 5.41) is 33.3. The molecular weight excluding hydrogens is 959 g/mol. The van der Waals surface area contributed by atoms with E-state index in [1.165, 1.54) is 5.56 Å². The minimum Gasteiger partial charge on any atom is -0.508 e. The number of aryl methyl sites for hydroxylation is 1. The maximum Gasteiger partial charge on any atom is 0.268 e. The molecule has 5 aromatic carbocycles. The number of aliphatic hydroxyl groups is 2. The molecule has 0 spiro atoms. The number of benzene rings is 5. The van der Waals surface area contributed by atoms with Crippen LogP contribution in [0.3, 0.4) is 0 Å². The van der Waals surface area contributed by atoms with E-state index in [9.17, 15) is 28.3 Å². The monoisotopic (exact) mass is 1030 g/mol. The van der Waals surface area contributed by atoms with Gasteiger partial charge in [-0.2, -0.15) is 8.42 Å². The van der Waals surface area contributed by atoms with Gasteiger partial charge in [0.25, 0.3) is 10.1 Å². The number of guanidine groups is 1. The number of aromatic hydroxyl groups is 1. The first-order valence-electron chi connectivity index (χ1n) is 27.2. The number of phenolic OH excluding ortho intramolecular Hbond substituents is 1. The largest absolute Gasteiger partial charge is 0.508 e. The smallest absolute Gasteiger partial charge is 0.268 e. The van der Waals surface area contributed by atoms with Gasteiger partial charge in [-0.25, -0.2) is 4.99 Å². The van der Waals surface area contributed by atoms with Crippen LogP contribution in [0.1, 0.15) is 134 Å². The van der Waals surface area contributed by atoms with E-state index in [1.807, 2.05) is 48.5 Å². The third-order valence-corrected chi connectivity index (χ3v) is 19.4. The van der Waals surface area contributed by atoms with Crippen molar-refractivity contribution in [1.82, 2.24) is 0 Å². The van der Waals surface area contributed by atoms with E-state index >= 15 is 0 Å². The average molecular weight is 1030 g/mol. The van der Waals surface area contributed by atoms with Crippen molar-refractivity contribution in [2.45, 2.75) is 131 Å². The van der Waals surface area contributed by atoms with E-state index in [1.54, 1.807) is 12.1 Å². The van der Waals surface area contributed by atoms with Crippen LogP contribution in [-0.4, -0.2) is 57.8 Å². The summed E-state index contributed by atoms with van der Waals surface area (Å²) in [6.45, 7) is 2.11. The molecule has 5 aromatic rings. The van der Waals surface area contributed by atoms with Crippen LogP contribution in [0.5, 0.6) is 11.5 Å². The Morgan fingerprint density at radius 2 is 1.63 bits per heavy atom. The SMILES string of the molecule is C[C@H]1CCc2cc3ccc2[C@H]1C[C@@H](S(=O)(=O)O)[C@H]1C=C2C[C@H](C[C@H]4C[C@@H](CO)CC#Cc5cc(O)ccc5[C@@H]2O4)[C@@H]1c1ccc(cc1)[C@](C[C@@H](Cc1ccccc1)[C@@]1(O)CC[C@@H](Cc2ccccc2)C1)(N=C(N)N)O3. The maximum atomic E-state index is 14.4. The predicted octanol–water partition coefficient (Wildman–Crippen LogP) is 10.2. The molecule has 5 aliphatic heterocycles. The van der Waals surface area contributed by atoms with Crippen LogP contribution in [0.15, 0.2) is 138 Å². The first kappa shape index (κ1) is 51.2. The van der Waals surface area contributed by atoms with E-state index < -0.39 is 38.7 Å². The lowest BCUT2D eigenvalue weighted by atomic mass is 9.64. The highest BCUT2D eigenvalue weighted by Gasteiger charge is 2.51. The molecular formula is C63H71N3O8S. The summed E-state index contributed by atoms with van der Waals surface area (Å²) in [5.74, 6) is 5.47. The van der Waals surface area contributed by atoms with Gasteiger partial charge in [-0.15, -0.1) is 0 Å². The molecule has 0 unspecified atom stereocenters. The van der Waals surface area contributed by atoms with Crippen LogP contribution in [-0.2, 0) is 39.8 Å². The molecule has 12 heteroatoms. The zero-order valence-corrected chi connectivity index (χ0v) is 43.6. The second kappa shape index (κ2) is 20.9. The summed E-state index contributed by atoms with van der Waals surface area (Å²) in [7, 11) is -4.68. The number of rotatable bonds is 10. The molecule has 2 fully saturated rings. The van der Waals surface area contributed by atoms with E-state index in [-0.39, 0.29) is 78.7 Å². The highest BCUT2D eigenvalue weighted by Crippen LogP contribution is 2.56. The zero-order chi connectivity index (χ0) is 52.1. The number of fused-ring (bicyclic) bond motifs is 9. The Labute approximate surface area is 442 Å². The molecule has 75 heavy (non-hydrogen) atoms. The van der Waals surface area contributed by atoms with Gasteiger partial charge in [0.1, 0.15) is 17.6 Å². The Balaban J connectivity index is 1.08. The Morgan fingerprint density at radius 1 is 0.880 bits per heavy atom. The minimum atomic E-state index is -4.68. The van der Waals surface area contributed by atoms with E-state index in [0.717, 1.165) is 59.1 Å². The lowest BCUT2D eigenvalue weighted by Crippen LogP contribution is -2.45. The molecule has 13 rings (SSSR count). The number of aliphatic imine (C=N–C) groups is 1. The van der Waals surface area contributed by atoms with Crippen molar-refractivity contribution >= 4 is 16.1 Å². The standard InChI is InChI=1S/C63H71N3O8S/c1-39-15-16-46-32-52-22-24-54(46)56(39)35-58(75(70,71)72)57-34-48-30-47(33-53-29-43(38-67)13-8-14-45-31-51(68)21-23-55(45)60(48)73-53)59(57)44-17-19-49(20-18-44)63(74-52,66-61(64)65)37-50(28-41-11-6-3-7-12-41)62(69)26-25-42(36-62)27-40-9-4-2-5-10-40/h2-7,9-12,17-24,31-32,34,39,42-43,47,50,53,56-60,67-69H,13,15-16,25-30,33,35-38H2,1H3,(H4,64,65,66)(H,70,71,72)/t39-,42-,43-,47+,50+,53+,56-,57+,58+,59-,60+,62+,63+/m0/s1. The van der Waals surface area contributed by atoms with Gasteiger partial charge in [-0.3, -0.25) is 4.55 Å². The number of nitrogens with two attached hydrogens (primary N) is 2. The van der Waals surface area contributed by atoms with Crippen LogP contribution in [0.4, 0.5) is 0 Å². The number of aliphatic hydroxyl groups excluding tert-OH is 1. The number of hydrogen-bond acceptors (Lipinski definition) is 8. The minimum absolute atomic E-state index is 0.0717. The first-order chi connectivity index (χ1) is 36.1. The molecule has 0 radical (unpaired) electrons. The topological polar surface area (TPSA) is 198 Å². The van der Waals surface area contributed by atoms with Crippen LogP contribution < -0.4 is 16.2 Å². The zero-order valence-electron chi connectivity index (χ0n) is 42.8. The Morgan fingerprint density at radius 3 is 2.36 bits per heavy atom. The predicted molar refractivity (Wildman–Crippen MR) is 291 cm³/mol. The fourth-order valence-corrected chi connectivity index (χ4v) is 15.6. The molecule has 10 bridgehead atoms. The summed E-state index contributed by atoms with van der Waals surface area (Å²) in [4.78, 5) is 5.12. The van der Waals surface area contributed by atoms with Gasteiger partial charge >= 0.3 is 0 Å². The van der Waals surface area contributed by atoms with Gasteiger partial charge < -0.3 is 36.3 Å². The van der Waals surface area contributed by atoms with Crippen molar-refractivity contribution in [2.24, 2.45) is 52.0 Å². The summed E-state index contributed by atoms with van der Waals surface area (Å²) >= 11 is 0. The molecule has 392 valence electrons. The summed E-state index contributed by atoms with van der Waals surface area (Å²) < 4.78 is 55.0. The number of ether oxygens (including phenoxy) is 2. The fraction of sp³-hybridized carbons (Fsp3) is 0.444. The van der Waals surface area contributed by atoms with Gasteiger partial charge in [0.2, 0.25) is 5.72 Å². The summed E-state index contributed by atoms with van der Waals surface area (Å²) in [6.07, 6.45) is 8.83. The van der Waals surface area contributed by atoms with Crippen LogP contribution in [0, 0.1) is 47.3 Å². The first-order valence-corrected chi connectivity index (χ1v) is 28.7.